The van der Waals surface area contributed by atoms with Gasteiger partial charge in [-0.25, -0.2) is 0 Å². The minimum absolute atomic E-state index is 0.148. The summed E-state index contributed by atoms with van der Waals surface area (Å²) in [6.45, 7) is 0. The van der Waals surface area contributed by atoms with Gasteiger partial charge in [0.25, 0.3) is 6.16 Å². The fourth-order valence-corrected chi connectivity index (χ4v) is 2.84. The second-order valence-corrected chi connectivity index (χ2v) is 5.39. The van der Waals surface area contributed by atoms with Gasteiger partial charge in [-0.1, -0.05) is 48.5 Å². The van der Waals surface area contributed by atoms with Crippen molar-refractivity contribution < 1.29 is 24.2 Å². The van der Waals surface area contributed by atoms with Gasteiger partial charge < -0.3 is 14.6 Å². The molecule has 0 aromatic heterocycles. The normalized spacial score (nSPS) is 15.0. The van der Waals surface area contributed by atoms with Gasteiger partial charge in [0.05, 0.1) is 6.10 Å². The van der Waals surface area contributed by atoms with Gasteiger partial charge in [-0.2, -0.15) is 0 Å². The van der Waals surface area contributed by atoms with Gasteiger partial charge in [-0.15, -0.1) is 0 Å². The van der Waals surface area contributed by atoms with Crippen LogP contribution in [0.5, 0.6) is 0 Å². The zero-order chi connectivity index (χ0) is 17.1. The quantitative estimate of drug-likeness (QED) is 0.634. The number of nitrogens with one attached hydrogen (secondary N) is 1. The van der Waals surface area contributed by atoms with Crippen LogP contribution in [0.3, 0.4) is 0 Å². The van der Waals surface area contributed by atoms with Gasteiger partial charge in [0.2, 0.25) is 11.8 Å². The first-order valence-corrected chi connectivity index (χ1v) is 7.45. The molecule has 6 heteroatoms. The fraction of sp³-hybridized carbons (Fsp3) is 0.167. The van der Waals surface area contributed by atoms with E-state index >= 15 is 0 Å². The molecular formula is C18H14NO5-. The van der Waals surface area contributed by atoms with Gasteiger partial charge in [0.1, 0.15) is 0 Å². The Balaban J connectivity index is 0.000000203. The number of ether oxygens (including phenoxy) is 1. The molecule has 1 fully saturated rings. The first-order chi connectivity index (χ1) is 11.6. The van der Waals surface area contributed by atoms with Gasteiger partial charge in [-0.3, -0.25) is 14.9 Å². The summed E-state index contributed by atoms with van der Waals surface area (Å²) in [7, 11) is 0. The average Bonchev–Trinajstić information content (AvgIpc) is 3.10. The lowest BCUT2D eigenvalue weighted by Crippen LogP contribution is -2.25. The van der Waals surface area contributed by atoms with Crippen LogP contribution in [0.4, 0.5) is 4.79 Å². The van der Waals surface area contributed by atoms with E-state index in [-0.39, 0.29) is 11.8 Å². The van der Waals surface area contributed by atoms with Crippen LogP contribution >= 0.6 is 0 Å². The highest BCUT2D eigenvalue weighted by Gasteiger charge is 2.27. The van der Waals surface area contributed by atoms with Gasteiger partial charge in [0.15, 0.2) is 0 Å². The molecule has 0 atom stereocenters. The number of fused-ring (bicyclic) bond motifs is 3. The number of imide groups is 1. The van der Waals surface area contributed by atoms with Crippen LogP contribution in [0.25, 0.3) is 11.1 Å². The van der Waals surface area contributed by atoms with Crippen LogP contribution in [0, 0.1) is 0 Å². The summed E-state index contributed by atoms with van der Waals surface area (Å²) >= 11 is 0. The molecule has 1 aliphatic carbocycles. The SMILES string of the molecule is O=C([O-])OC1c2ccccc2-c2ccccc21.O=C1CCC(=O)N1. The summed E-state index contributed by atoms with van der Waals surface area (Å²) < 4.78 is 4.87. The average molecular weight is 324 g/mol. The number of hydrogen-bond donors (Lipinski definition) is 1. The highest BCUT2D eigenvalue weighted by atomic mass is 16.7. The third-order valence-electron chi connectivity index (χ3n) is 3.85. The van der Waals surface area contributed by atoms with Crippen molar-refractivity contribution in [1.29, 1.82) is 0 Å². The van der Waals surface area contributed by atoms with Gasteiger partial charge in [0, 0.05) is 12.8 Å². The number of amides is 2. The highest BCUT2D eigenvalue weighted by molar-refractivity contribution is 6.01. The molecule has 2 aliphatic rings. The summed E-state index contributed by atoms with van der Waals surface area (Å²) in [4.78, 5) is 30.9. The number of carboxylic acid groups (broad SMARTS) is 1. The Morgan fingerprint density at radius 3 is 1.75 bits per heavy atom. The lowest BCUT2D eigenvalue weighted by molar-refractivity contribution is -0.286. The first-order valence-electron chi connectivity index (χ1n) is 7.45. The van der Waals surface area contributed by atoms with E-state index in [1.54, 1.807) is 0 Å². The first kappa shape index (κ1) is 15.7. The predicted octanol–water partition coefficient (Wildman–Crippen LogP) is 1.54. The van der Waals surface area contributed by atoms with Crippen LogP contribution in [0.15, 0.2) is 48.5 Å². The van der Waals surface area contributed by atoms with E-state index in [1.165, 1.54) is 0 Å². The summed E-state index contributed by atoms with van der Waals surface area (Å²) in [5.41, 5.74) is 3.79. The molecule has 4 rings (SSSR count). The van der Waals surface area contributed by atoms with Gasteiger partial charge >= 0.3 is 0 Å². The van der Waals surface area contributed by atoms with Crippen molar-refractivity contribution >= 4 is 18.0 Å². The van der Waals surface area contributed by atoms with Crippen molar-refractivity contribution in [2.45, 2.75) is 18.9 Å². The maximum atomic E-state index is 10.6. The molecule has 0 bridgehead atoms. The molecule has 2 amide bonds. The minimum atomic E-state index is -1.50. The van der Waals surface area contributed by atoms with E-state index in [0.29, 0.717) is 12.8 Å². The Morgan fingerprint density at radius 1 is 0.917 bits per heavy atom. The molecule has 6 nitrogen and oxygen atoms in total. The lowest BCUT2D eigenvalue weighted by Gasteiger charge is -2.19. The number of carbonyl (C=O) groups excluding carboxylic acids is 3. The van der Waals surface area contributed by atoms with E-state index in [9.17, 15) is 19.5 Å². The molecule has 0 radical (unpaired) electrons. The Morgan fingerprint density at radius 2 is 1.38 bits per heavy atom. The molecule has 1 N–H and O–H groups in total. The largest absolute Gasteiger partial charge is 0.537 e. The maximum absolute atomic E-state index is 10.6. The highest BCUT2D eigenvalue weighted by Crippen LogP contribution is 2.44. The molecule has 24 heavy (non-hydrogen) atoms. The third kappa shape index (κ3) is 3.12. The number of benzene rings is 2. The van der Waals surface area contributed by atoms with Crippen molar-refractivity contribution in [3.8, 4) is 11.1 Å². The van der Waals surface area contributed by atoms with Crippen LogP contribution in [0.1, 0.15) is 30.1 Å². The predicted molar refractivity (Wildman–Crippen MR) is 82.6 cm³/mol. The number of rotatable bonds is 1. The Labute approximate surface area is 138 Å². The molecule has 1 saturated heterocycles. The molecule has 1 aliphatic heterocycles. The van der Waals surface area contributed by atoms with E-state index in [1.807, 2.05) is 48.5 Å². The zero-order valence-electron chi connectivity index (χ0n) is 12.7. The van der Waals surface area contributed by atoms with Gasteiger partial charge in [-0.05, 0) is 22.3 Å². The number of carbonyl (C=O) groups is 3. The second-order valence-electron chi connectivity index (χ2n) is 5.39. The topological polar surface area (TPSA) is 95.5 Å². The molecule has 0 saturated carbocycles. The molecule has 2 aromatic rings. The van der Waals surface area contributed by atoms with Crippen molar-refractivity contribution in [3.05, 3.63) is 59.7 Å². The van der Waals surface area contributed by atoms with E-state index in [2.05, 4.69) is 5.32 Å². The Bertz CT molecular complexity index is 755. The molecule has 122 valence electrons. The smallest absolute Gasteiger partial charge is 0.252 e. The summed E-state index contributed by atoms with van der Waals surface area (Å²) in [5.74, 6) is -0.296. The maximum Gasteiger partial charge on any atom is 0.252 e. The molecule has 0 unspecified atom stereocenters. The lowest BCUT2D eigenvalue weighted by atomic mass is 10.1. The summed E-state index contributed by atoms with van der Waals surface area (Å²) in [6.07, 6.45) is -1.31. The van der Waals surface area contributed by atoms with E-state index < -0.39 is 12.3 Å². The van der Waals surface area contributed by atoms with Crippen molar-refractivity contribution in [2.75, 3.05) is 0 Å². The molecule has 1 heterocycles. The van der Waals surface area contributed by atoms with Crippen LogP contribution < -0.4 is 10.4 Å². The zero-order valence-corrected chi connectivity index (χ0v) is 12.7. The standard InChI is InChI=1S/C14H10O3.C4H5NO2/c15-14(16)17-13-11-7-3-1-5-9(11)10-6-2-4-8-12(10)13;6-3-1-2-4(7)5-3/h1-8,13H,(H,15,16);1-2H2,(H,5,6,7)/p-1. The van der Waals surface area contributed by atoms with Crippen LogP contribution in [-0.2, 0) is 14.3 Å². The second kappa shape index (κ2) is 6.54. The third-order valence-corrected chi connectivity index (χ3v) is 3.85. The summed E-state index contributed by atoms with van der Waals surface area (Å²) in [6, 6.07) is 15.3. The number of hydrogen-bond acceptors (Lipinski definition) is 5. The van der Waals surface area contributed by atoms with Crippen LogP contribution in [-0.4, -0.2) is 18.0 Å². The van der Waals surface area contributed by atoms with E-state index in [4.69, 9.17) is 4.74 Å². The Kier molecular flexibility index (Phi) is 4.29. The van der Waals surface area contributed by atoms with E-state index in [0.717, 1.165) is 22.3 Å². The molecular weight excluding hydrogens is 310 g/mol. The van der Waals surface area contributed by atoms with Crippen molar-refractivity contribution in [2.24, 2.45) is 0 Å². The summed E-state index contributed by atoms with van der Waals surface area (Å²) in [5, 5.41) is 12.8. The molecule has 2 aromatic carbocycles. The Hall–Kier alpha value is -3.15. The fourth-order valence-electron chi connectivity index (χ4n) is 2.84. The van der Waals surface area contributed by atoms with Crippen LogP contribution in [0.2, 0.25) is 0 Å². The minimum Gasteiger partial charge on any atom is -0.537 e. The van der Waals surface area contributed by atoms with Crippen molar-refractivity contribution in [3.63, 3.8) is 0 Å². The van der Waals surface area contributed by atoms with Crippen molar-refractivity contribution in [1.82, 2.24) is 5.32 Å². The molecule has 0 spiro atoms. The monoisotopic (exact) mass is 324 g/mol.